The van der Waals surface area contributed by atoms with Crippen LogP contribution in [0.25, 0.3) is 0 Å². The van der Waals surface area contributed by atoms with Crippen LogP contribution in [-0.2, 0) is 6.42 Å². The van der Waals surface area contributed by atoms with Gasteiger partial charge < -0.3 is 5.73 Å². The molecule has 2 N–H and O–H groups in total. The Balaban J connectivity index is 2.33. The van der Waals surface area contributed by atoms with E-state index in [4.69, 9.17) is 17.3 Å². The first-order valence-electron chi connectivity index (χ1n) is 5.72. The third-order valence-corrected chi connectivity index (χ3v) is 3.23. The maximum atomic E-state index is 13.6. The van der Waals surface area contributed by atoms with E-state index in [0.29, 0.717) is 17.7 Å². The average molecular weight is 304 g/mol. The summed E-state index contributed by atoms with van der Waals surface area (Å²) in [5.41, 5.74) is 5.58. The van der Waals surface area contributed by atoms with Crippen LogP contribution in [0.2, 0.25) is 5.02 Å². The van der Waals surface area contributed by atoms with E-state index in [2.05, 4.69) is 0 Å². The number of hydrogen-bond donors (Lipinski definition) is 1. The Morgan fingerprint density at radius 1 is 0.950 bits per heavy atom. The van der Waals surface area contributed by atoms with E-state index in [1.807, 2.05) is 0 Å². The first-order chi connectivity index (χ1) is 9.38. The number of benzene rings is 2. The molecule has 20 heavy (non-hydrogen) atoms. The molecule has 0 saturated carbocycles. The van der Waals surface area contributed by atoms with Gasteiger partial charge in [0.2, 0.25) is 0 Å². The highest BCUT2D eigenvalue weighted by atomic mass is 35.5. The fraction of sp³-hybridized carbons (Fsp3) is 0.143. The van der Waals surface area contributed by atoms with E-state index in [9.17, 15) is 17.6 Å². The molecule has 0 fully saturated rings. The zero-order valence-electron chi connectivity index (χ0n) is 10.1. The maximum absolute atomic E-state index is 13.6. The third-order valence-electron chi connectivity index (χ3n) is 2.86. The SMILES string of the molecule is NC(Cc1cc(F)ccc1Cl)c1c(F)cc(F)cc1F. The Bertz CT molecular complexity index is 622. The predicted octanol–water partition coefficient (Wildman–Crippen LogP) is 4.14. The summed E-state index contributed by atoms with van der Waals surface area (Å²) in [6, 6.07) is 3.63. The van der Waals surface area contributed by atoms with Gasteiger partial charge in [-0.25, -0.2) is 17.6 Å². The molecule has 0 amide bonds. The van der Waals surface area contributed by atoms with Gasteiger partial charge in [-0.2, -0.15) is 0 Å². The van der Waals surface area contributed by atoms with Crippen molar-refractivity contribution in [3.63, 3.8) is 0 Å². The quantitative estimate of drug-likeness (QED) is 0.847. The van der Waals surface area contributed by atoms with Crippen molar-refractivity contribution < 1.29 is 17.6 Å². The van der Waals surface area contributed by atoms with Crippen molar-refractivity contribution >= 4 is 11.6 Å². The lowest BCUT2D eigenvalue weighted by molar-refractivity contribution is 0.501. The van der Waals surface area contributed by atoms with Crippen LogP contribution in [0, 0.1) is 23.3 Å². The summed E-state index contributed by atoms with van der Waals surface area (Å²) >= 11 is 5.86. The van der Waals surface area contributed by atoms with Gasteiger partial charge in [0, 0.05) is 28.8 Å². The number of rotatable bonds is 3. The lowest BCUT2D eigenvalue weighted by Crippen LogP contribution is -2.17. The zero-order valence-corrected chi connectivity index (χ0v) is 10.9. The van der Waals surface area contributed by atoms with Crippen LogP contribution in [0.15, 0.2) is 30.3 Å². The highest BCUT2D eigenvalue weighted by Gasteiger charge is 2.19. The van der Waals surface area contributed by atoms with E-state index in [-0.39, 0.29) is 11.4 Å². The van der Waals surface area contributed by atoms with E-state index in [1.165, 1.54) is 6.07 Å². The minimum absolute atomic E-state index is 0.0733. The van der Waals surface area contributed by atoms with Crippen molar-refractivity contribution in [2.24, 2.45) is 5.73 Å². The summed E-state index contributed by atoms with van der Waals surface area (Å²) in [5.74, 6) is -3.72. The first kappa shape index (κ1) is 14.8. The van der Waals surface area contributed by atoms with Gasteiger partial charge in [0.1, 0.15) is 23.3 Å². The number of nitrogens with two attached hydrogens (primary N) is 1. The molecule has 2 rings (SSSR count). The minimum Gasteiger partial charge on any atom is -0.323 e. The number of halogens is 5. The molecule has 1 unspecified atom stereocenters. The summed E-state index contributed by atoms with van der Waals surface area (Å²) in [6.45, 7) is 0. The molecule has 1 atom stereocenters. The smallest absolute Gasteiger partial charge is 0.133 e. The summed E-state index contributed by atoms with van der Waals surface area (Å²) in [4.78, 5) is 0. The van der Waals surface area contributed by atoms with Gasteiger partial charge in [0.25, 0.3) is 0 Å². The minimum atomic E-state index is -1.10. The van der Waals surface area contributed by atoms with Gasteiger partial charge in [0.05, 0.1) is 0 Å². The predicted molar refractivity (Wildman–Crippen MR) is 68.4 cm³/mol. The molecule has 2 aromatic carbocycles. The van der Waals surface area contributed by atoms with E-state index >= 15 is 0 Å². The summed E-state index contributed by atoms with van der Waals surface area (Å²) in [6.07, 6.45) is -0.0733. The standard InChI is InChI=1S/C14H10ClF4N/c15-10-2-1-8(16)3-7(10)4-13(20)14-11(18)5-9(17)6-12(14)19/h1-3,5-6,13H,4,20H2. The van der Waals surface area contributed by atoms with Crippen LogP contribution < -0.4 is 5.73 Å². The van der Waals surface area contributed by atoms with Crippen LogP contribution in [0.4, 0.5) is 17.6 Å². The Morgan fingerprint density at radius 3 is 2.15 bits per heavy atom. The number of hydrogen-bond acceptors (Lipinski definition) is 1. The van der Waals surface area contributed by atoms with Crippen molar-refractivity contribution in [2.45, 2.75) is 12.5 Å². The monoisotopic (exact) mass is 303 g/mol. The van der Waals surface area contributed by atoms with Gasteiger partial charge >= 0.3 is 0 Å². The maximum Gasteiger partial charge on any atom is 0.133 e. The topological polar surface area (TPSA) is 26.0 Å². The van der Waals surface area contributed by atoms with Crippen molar-refractivity contribution in [3.05, 3.63) is 69.8 Å². The average Bonchev–Trinajstić information content (AvgIpc) is 2.32. The molecule has 0 radical (unpaired) electrons. The second-order valence-corrected chi connectivity index (χ2v) is 4.74. The lowest BCUT2D eigenvalue weighted by Gasteiger charge is -2.15. The molecular weight excluding hydrogens is 294 g/mol. The zero-order chi connectivity index (χ0) is 14.9. The molecule has 0 spiro atoms. The first-order valence-corrected chi connectivity index (χ1v) is 6.10. The van der Waals surface area contributed by atoms with E-state index in [1.54, 1.807) is 0 Å². The van der Waals surface area contributed by atoms with Crippen molar-refractivity contribution in [1.29, 1.82) is 0 Å². The summed E-state index contributed by atoms with van der Waals surface area (Å²) in [5, 5.41) is 0.241. The highest BCUT2D eigenvalue weighted by molar-refractivity contribution is 6.31. The summed E-state index contributed by atoms with van der Waals surface area (Å²) in [7, 11) is 0. The lowest BCUT2D eigenvalue weighted by atomic mass is 9.98. The molecule has 0 saturated heterocycles. The molecule has 0 aliphatic rings. The van der Waals surface area contributed by atoms with Crippen molar-refractivity contribution in [3.8, 4) is 0 Å². The fourth-order valence-electron chi connectivity index (χ4n) is 1.95. The molecule has 106 valence electrons. The van der Waals surface area contributed by atoms with Crippen molar-refractivity contribution in [1.82, 2.24) is 0 Å². The molecule has 6 heteroatoms. The molecule has 1 nitrogen and oxygen atoms in total. The van der Waals surface area contributed by atoms with Gasteiger partial charge in [-0.3, -0.25) is 0 Å². The molecular formula is C14H10ClF4N. The normalized spacial score (nSPS) is 12.5. The van der Waals surface area contributed by atoms with Gasteiger partial charge in [-0.1, -0.05) is 11.6 Å². The Morgan fingerprint density at radius 2 is 1.55 bits per heavy atom. The van der Waals surface area contributed by atoms with Crippen LogP contribution in [0.5, 0.6) is 0 Å². The van der Waals surface area contributed by atoms with Crippen LogP contribution in [0.3, 0.4) is 0 Å². The van der Waals surface area contributed by atoms with E-state index in [0.717, 1.165) is 12.1 Å². The highest BCUT2D eigenvalue weighted by Crippen LogP contribution is 2.26. The Kier molecular flexibility index (Phi) is 4.30. The third kappa shape index (κ3) is 3.11. The van der Waals surface area contributed by atoms with Gasteiger partial charge in [-0.05, 0) is 30.2 Å². The second kappa shape index (κ2) is 5.81. The molecule has 0 aromatic heterocycles. The van der Waals surface area contributed by atoms with Crippen LogP contribution in [-0.4, -0.2) is 0 Å². The molecule has 0 aliphatic heterocycles. The van der Waals surface area contributed by atoms with Crippen molar-refractivity contribution in [2.75, 3.05) is 0 Å². The van der Waals surface area contributed by atoms with Gasteiger partial charge in [0.15, 0.2) is 0 Å². The second-order valence-electron chi connectivity index (χ2n) is 4.33. The fourth-order valence-corrected chi connectivity index (χ4v) is 2.14. The van der Waals surface area contributed by atoms with Crippen LogP contribution >= 0.6 is 11.6 Å². The largest absolute Gasteiger partial charge is 0.323 e. The Labute approximate surface area is 118 Å². The van der Waals surface area contributed by atoms with E-state index < -0.39 is 34.9 Å². The molecule has 2 aromatic rings. The molecule has 0 aliphatic carbocycles. The molecule has 0 bridgehead atoms. The van der Waals surface area contributed by atoms with Crippen LogP contribution in [0.1, 0.15) is 17.2 Å². The molecule has 0 heterocycles. The summed E-state index contributed by atoms with van der Waals surface area (Å²) < 4.78 is 53.1. The Hall–Kier alpha value is -1.59. The van der Waals surface area contributed by atoms with Gasteiger partial charge in [-0.15, -0.1) is 0 Å².